The number of fused-ring (bicyclic) bond motifs is 3. The van der Waals surface area contributed by atoms with Crippen molar-refractivity contribution in [2.24, 2.45) is 0 Å². The van der Waals surface area contributed by atoms with E-state index in [1.54, 1.807) is 0 Å². The molecule has 0 radical (unpaired) electrons. The Morgan fingerprint density at radius 3 is 2.37 bits per heavy atom. The monoisotopic (exact) mass is 495 g/mol. The number of thioether (sulfide) groups is 1. The summed E-state index contributed by atoms with van der Waals surface area (Å²) < 4.78 is 43.6. The summed E-state index contributed by atoms with van der Waals surface area (Å²) in [6, 6.07) is 20.9. The van der Waals surface area contributed by atoms with E-state index in [2.05, 4.69) is 44.3 Å². The zero-order valence-electron chi connectivity index (χ0n) is 18.6. The van der Waals surface area contributed by atoms with Gasteiger partial charge in [0.1, 0.15) is 0 Å². The second-order valence-electron chi connectivity index (χ2n) is 8.06. The number of nitrogens with zero attached hydrogens (tertiary/aromatic N) is 4. The molecule has 2 aromatic heterocycles. The van der Waals surface area contributed by atoms with Crippen LogP contribution >= 0.6 is 11.8 Å². The number of alkyl halides is 3. The first-order valence-electron chi connectivity index (χ1n) is 10.8. The van der Waals surface area contributed by atoms with Crippen molar-refractivity contribution in [2.75, 3.05) is 11.1 Å². The number of rotatable bonds is 6. The van der Waals surface area contributed by atoms with E-state index in [1.165, 1.54) is 23.8 Å². The molecular formula is C25H20F3N5OS. The number of amides is 1. The smallest absolute Gasteiger partial charge is 0.325 e. The van der Waals surface area contributed by atoms with Crippen LogP contribution in [0.2, 0.25) is 0 Å². The second kappa shape index (κ2) is 9.10. The topological polar surface area (TPSA) is 64.2 Å². The molecule has 10 heteroatoms. The third-order valence-corrected chi connectivity index (χ3v) is 6.50. The van der Waals surface area contributed by atoms with Crippen LogP contribution in [0.3, 0.4) is 0 Å². The Bertz CT molecular complexity index is 1520. The summed E-state index contributed by atoms with van der Waals surface area (Å²) in [5.74, 6) is -0.0614. The van der Waals surface area contributed by atoms with Crippen LogP contribution in [0, 0.1) is 6.92 Å². The van der Waals surface area contributed by atoms with Gasteiger partial charge in [0, 0.05) is 0 Å². The number of carbonyl (C=O) groups excluding carboxylic acids is 1. The summed E-state index contributed by atoms with van der Waals surface area (Å²) in [5, 5.41) is 11.5. The molecule has 5 aromatic rings. The van der Waals surface area contributed by atoms with E-state index in [-0.39, 0.29) is 11.4 Å². The van der Waals surface area contributed by atoms with Gasteiger partial charge in [0.2, 0.25) is 11.7 Å². The summed E-state index contributed by atoms with van der Waals surface area (Å²) in [6.07, 6.45) is -4.56. The van der Waals surface area contributed by atoms with Crippen molar-refractivity contribution < 1.29 is 18.0 Å². The van der Waals surface area contributed by atoms with Gasteiger partial charge in [0.05, 0.1) is 34.6 Å². The Labute approximate surface area is 202 Å². The minimum atomic E-state index is -4.56. The van der Waals surface area contributed by atoms with E-state index in [1.807, 2.05) is 35.6 Å². The van der Waals surface area contributed by atoms with Gasteiger partial charge in [-0.15, -0.1) is 10.2 Å². The summed E-state index contributed by atoms with van der Waals surface area (Å²) in [7, 11) is 0. The number of benzene rings is 3. The molecule has 0 unspecified atom stereocenters. The number of hydrogen-bond acceptors (Lipinski definition) is 4. The molecular weight excluding hydrogens is 475 g/mol. The summed E-state index contributed by atoms with van der Waals surface area (Å²) >= 11 is 1.12. The third kappa shape index (κ3) is 4.61. The minimum absolute atomic E-state index is 0.121. The minimum Gasteiger partial charge on any atom is -0.325 e. The summed E-state index contributed by atoms with van der Waals surface area (Å²) in [4.78, 5) is 12.5. The van der Waals surface area contributed by atoms with Crippen molar-refractivity contribution >= 4 is 40.2 Å². The van der Waals surface area contributed by atoms with Crippen LogP contribution in [0.1, 0.15) is 16.7 Å². The largest absolute Gasteiger partial charge is 0.418 e. The molecule has 35 heavy (non-hydrogen) atoms. The highest BCUT2D eigenvalue weighted by Crippen LogP contribution is 2.34. The van der Waals surface area contributed by atoms with Crippen molar-refractivity contribution in [1.82, 2.24) is 19.2 Å². The van der Waals surface area contributed by atoms with Crippen molar-refractivity contribution in [2.45, 2.75) is 24.8 Å². The highest BCUT2D eigenvalue weighted by Gasteiger charge is 2.33. The number of carbonyl (C=O) groups is 1. The lowest BCUT2D eigenvalue weighted by Gasteiger charge is -2.13. The van der Waals surface area contributed by atoms with E-state index >= 15 is 0 Å². The van der Waals surface area contributed by atoms with E-state index in [9.17, 15) is 18.0 Å². The highest BCUT2D eigenvalue weighted by atomic mass is 32.2. The van der Waals surface area contributed by atoms with Gasteiger partial charge in [0.25, 0.3) is 0 Å². The molecule has 0 spiro atoms. The van der Waals surface area contributed by atoms with Gasteiger partial charge in [0.15, 0.2) is 5.16 Å². The average Bonchev–Trinajstić information content (AvgIpc) is 3.38. The fraction of sp³-hybridized carbons (Fsp3) is 0.160. The lowest BCUT2D eigenvalue weighted by atomic mass is 10.1. The zero-order valence-corrected chi connectivity index (χ0v) is 19.4. The van der Waals surface area contributed by atoms with E-state index in [0.717, 1.165) is 34.4 Å². The second-order valence-corrected chi connectivity index (χ2v) is 9.00. The number of imidazole rings is 1. The molecule has 0 saturated carbocycles. The summed E-state index contributed by atoms with van der Waals surface area (Å²) in [6.45, 7) is 2.63. The molecule has 1 amide bonds. The maximum atomic E-state index is 13.2. The zero-order chi connectivity index (χ0) is 24.6. The number of halogens is 3. The van der Waals surface area contributed by atoms with Gasteiger partial charge in [-0.05, 0) is 36.8 Å². The molecule has 178 valence electrons. The van der Waals surface area contributed by atoms with E-state index in [4.69, 9.17) is 0 Å². The Hall–Kier alpha value is -3.79. The molecule has 0 aliphatic heterocycles. The van der Waals surface area contributed by atoms with Crippen LogP contribution < -0.4 is 5.32 Å². The average molecular weight is 496 g/mol. The predicted molar refractivity (Wildman–Crippen MR) is 130 cm³/mol. The molecule has 0 aliphatic carbocycles. The first-order chi connectivity index (χ1) is 16.8. The van der Waals surface area contributed by atoms with Crippen molar-refractivity contribution in [1.29, 1.82) is 0 Å². The van der Waals surface area contributed by atoms with E-state index < -0.39 is 17.6 Å². The lowest BCUT2D eigenvalue weighted by Crippen LogP contribution is -2.18. The molecule has 0 saturated heterocycles. The van der Waals surface area contributed by atoms with E-state index in [0.29, 0.717) is 17.5 Å². The molecule has 0 bridgehead atoms. The molecule has 6 nitrogen and oxygen atoms in total. The van der Waals surface area contributed by atoms with Crippen molar-refractivity contribution in [3.63, 3.8) is 0 Å². The molecule has 1 N–H and O–H groups in total. The number of para-hydroxylation sites is 3. The van der Waals surface area contributed by atoms with Crippen LogP contribution in [-0.4, -0.2) is 30.8 Å². The summed E-state index contributed by atoms with van der Waals surface area (Å²) in [5.41, 5.74) is 2.97. The first-order valence-corrected chi connectivity index (χ1v) is 11.8. The maximum Gasteiger partial charge on any atom is 0.418 e. The van der Waals surface area contributed by atoms with Crippen LogP contribution in [0.5, 0.6) is 0 Å². The highest BCUT2D eigenvalue weighted by molar-refractivity contribution is 7.99. The predicted octanol–water partition coefficient (Wildman–Crippen LogP) is 5.79. The van der Waals surface area contributed by atoms with Gasteiger partial charge in [-0.25, -0.2) is 0 Å². The molecule has 3 aromatic carbocycles. The van der Waals surface area contributed by atoms with Crippen molar-refractivity contribution in [3.05, 3.63) is 89.5 Å². The quantitative estimate of drug-likeness (QED) is 0.303. The Morgan fingerprint density at radius 2 is 1.63 bits per heavy atom. The van der Waals surface area contributed by atoms with Gasteiger partial charge < -0.3 is 9.88 Å². The SMILES string of the molecule is Cc1ccc(Cn2c3ccccc3n3c(SCC(=O)Nc4ccccc4C(F)(F)F)nnc23)cc1. The normalized spacial score (nSPS) is 11.9. The van der Waals surface area contributed by atoms with Gasteiger partial charge in [-0.3, -0.25) is 9.20 Å². The Kier molecular flexibility index (Phi) is 5.98. The fourth-order valence-corrected chi connectivity index (χ4v) is 4.66. The van der Waals surface area contributed by atoms with Crippen LogP contribution in [0.15, 0.2) is 78.0 Å². The number of hydrogen-bond donors (Lipinski definition) is 1. The van der Waals surface area contributed by atoms with Crippen LogP contribution in [0.25, 0.3) is 16.8 Å². The Balaban J connectivity index is 1.40. The Morgan fingerprint density at radius 1 is 0.943 bits per heavy atom. The standard InChI is InChI=1S/C25H20F3N5OS/c1-16-10-12-17(13-11-16)14-32-20-8-4-5-9-21(20)33-23(32)30-31-24(33)35-15-22(34)29-19-7-3-2-6-18(19)25(26,27)28/h2-13H,14-15H2,1H3,(H,29,34). The lowest BCUT2D eigenvalue weighted by molar-refractivity contribution is -0.137. The van der Waals surface area contributed by atoms with Crippen LogP contribution in [0.4, 0.5) is 18.9 Å². The number of aromatic nitrogens is 4. The molecule has 0 aliphatic rings. The number of nitrogens with one attached hydrogen (secondary N) is 1. The van der Waals surface area contributed by atoms with Gasteiger partial charge >= 0.3 is 6.18 Å². The molecule has 0 atom stereocenters. The molecule has 2 heterocycles. The maximum absolute atomic E-state index is 13.2. The number of aryl methyl sites for hydroxylation is 1. The third-order valence-electron chi connectivity index (χ3n) is 5.57. The van der Waals surface area contributed by atoms with Crippen molar-refractivity contribution in [3.8, 4) is 0 Å². The van der Waals surface area contributed by atoms with Crippen LogP contribution in [-0.2, 0) is 17.5 Å². The van der Waals surface area contributed by atoms with Gasteiger partial charge in [-0.2, -0.15) is 13.2 Å². The van der Waals surface area contributed by atoms with Gasteiger partial charge in [-0.1, -0.05) is 65.9 Å². The first kappa shape index (κ1) is 23.0. The molecule has 5 rings (SSSR count). The number of anilines is 1. The fourth-order valence-electron chi connectivity index (χ4n) is 3.92. The molecule has 0 fully saturated rings.